The lowest BCUT2D eigenvalue weighted by atomic mass is 10.1. The Morgan fingerprint density at radius 1 is 1.16 bits per heavy atom. The molecule has 0 aliphatic carbocycles. The van der Waals surface area contributed by atoms with Crippen molar-refractivity contribution in [2.75, 3.05) is 5.75 Å². The first-order chi connectivity index (χ1) is 12.1. The molecule has 3 rings (SSSR count). The van der Waals surface area contributed by atoms with Crippen LogP contribution < -0.4 is 5.32 Å². The maximum Gasteiger partial charge on any atom is 0.230 e. The van der Waals surface area contributed by atoms with Gasteiger partial charge in [0.15, 0.2) is 5.76 Å². The summed E-state index contributed by atoms with van der Waals surface area (Å²) in [6.45, 7) is 0.278. The number of nitrogens with one attached hydrogen (secondary N) is 1. The lowest BCUT2D eigenvalue weighted by molar-refractivity contribution is -0.118. The second kappa shape index (κ2) is 8.18. The third kappa shape index (κ3) is 5.08. The summed E-state index contributed by atoms with van der Waals surface area (Å²) in [6, 6.07) is 15.0. The van der Waals surface area contributed by atoms with Crippen LogP contribution in [0.1, 0.15) is 5.69 Å². The zero-order valence-corrected chi connectivity index (χ0v) is 14.6. The average molecular weight is 377 g/mol. The smallest absolute Gasteiger partial charge is 0.230 e. The lowest BCUT2D eigenvalue weighted by Gasteiger charge is -2.03. The molecule has 0 saturated carbocycles. The normalized spacial score (nSPS) is 10.6. The van der Waals surface area contributed by atoms with E-state index in [9.17, 15) is 9.18 Å². The largest absolute Gasteiger partial charge is 0.356 e. The van der Waals surface area contributed by atoms with E-state index in [4.69, 9.17) is 16.1 Å². The van der Waals surface area contributed by atoms with E-state index in [1.54, 1.807) is 30.3 Å². The van der Waals surface area contributed by atoms with E-state index in [1.807, 2.05) is 12.1 Å². The summed E-state index contributed by atoms with van der Waals surface area (Å²) < 4.78 is 18.1. The maximum atomic E-state index is 12.8. The van der Waals surface area contributed by atoms with Crippen molar-refractivity contribution in [3.8, 4) is 11.3 Å². The van der Waals surface area contributed by atoms with Gasteiger partial charge in [-0.2, -0.15) is 0 Å². The Morgan fingerprint density at radius 2 is 1.88 bits per heavy atom. The zero-order chi connectivity index (χ0) is 17.6. The van der Waals surface area contributed by atoms with Crippen molar-refractivity contribution in [3.05, 3.63) is 71.1 Å². The van der Waals surface area contributed by atoms with E-state index in [0.717, 1.165) is 10.5 Å². The summed E-state index contributed by atoms with van der Waals surface area (Å²) >= 11 is 7.20. The first-order valence-corrected chi connectivity index (χ1v) is 8.83. The number of nitrogens with zero attached hydrogens (tertiary/aromatic N) is 1. The third-order valence-corrected chi connectivity index (χ3v) is 4.60. The van der Waals surface area contributed by atoms with Gasteiger partial charge in [0, 0.05) is 21.5 Å². The molecule has 0 radical (unpaired) electrons. The highest BCUT2D eigenvalue weighted by Crippen LogP contribution is 2.22. The third-order valence-electron chi connectivity index (χ3n) is 3.34. The number of hydrogen-bond acceptors (Lipinski definition) is 4. The van der Waals surface area contributed by atoms with Gasteiger partial charge < -0.3 is 9.84 Å². The molecular formula is C18H14ClFN2O2S. The van der Waals surface area contributed by atoms with Crippen LogP contribution in [0.4, 0.5) is 4.39 Å². The second-order valence-corrected chi connectivity index (χ2v) is 6.69. The van der Waals surface area contributed by atoms with Gasteiger partial charge in [0.25, 0.3) is 0 Å². The van der Waals surface area contributed by atoms with Crippen molar-refractivity contribution in [2.24, 2.45) is 0 Å². The van der Waals surface area contributed by atoms with Crippen LogP contribution in [-0.2, 0) is 11.3 Å². The van der Waals surface area contributed by atoms with Gasteiger partial charge in [0.1, 0.15) is 11.5 Å². The van der Waals surface area contributed by atoms with Gasteiger partial charge in [-0.15, -0.1) is 11.8 Å². The molecule has 1 N–H and O–H groups in total. The van der Waals surface area contributed by atoms with E-state index in [0.29, 0.717) is 16.5 Å². The predicted molar refractivity (Wildman–Crippen MR) is 95.9 cm³/mol. The molecule has 25 heavy (non-hydrogen) atoms. The predicted octanol–water partition coefficient (Wildman–Crippen LogP) is 4.54. The number of thioether (sulfide) groups is 1. The van der Waals surface area contributed by atoms with Crippen molar-refractivity contribution < 1.29 is 13.7 Å². The summed E-state index contributed by atoms with van der Waals surface area (Å²) in [4.78, 5) is 12.7. The standard InChI is InChI=1S/C18H14ClFN2O2S/c19-13-3-1-12(2-4-13)17-9-15(22-24-17)10-21-18(23)11-25-16-7-5-14(20)6-8-16/h1-9H,10-11H2,(H,21,23). The number of amides is 1. The summed E-state index contributed by atoms with van der Waals surface area (Å²) in [7, 11) is 0. The van der Waals surface area contributed by atoms with Crippen LogP contribution in [-0.4, -0.2) is 16.8 Å². The fraction of sp³-hybridized carbons (Fsp3) is 0.111. The molecular weight excluding hydrogens is 363 g/mol. The van der Waals surface area contributed by atoms with E-state index in [-0.39, 0.29) is 24.0 Å². The molecule has 1 heterocycles. The lowest BCUT2D eigenvalue weighted by Crippen LogP contribution is -2.24. The molecule has 1 aromatic heterocycles. The number of halogens is 2. The van der Waals surface area contributed by atoms with Crippen LogP contribution in [0.3, 0.4) is 0 Å². The fourth-order valence-corrected chi connectivity index (χ4v) is 2.92. The number of hydrogen-bond donors (Lipinski definition) is 1. The van der Waals surface area contributed by atoms with E-state index < -0.39 is 0 Å². The van der Waals surface area contributed by atoms with Gasteiger partial charge in [-0.3, -0.25) is 4.79 Å². The molecule has 0 aliphatic rings. The minimum Gasteiger partial charge on any atom is -0.356 e. The monoisotopic (exact) mass is 376 g/mol. The van der Waals surface area contributed by atoms with Gasteiger partial charge in [0.05, 0.1) is 12.3 Å². The Bertz CT molecular complexity index is 850. The molecule has 2 aromatic carbocycles. The van der Waals surface area contributed by atoms with Crippen molar-refractivity contribution in [3.63, 3.8) is 0 Å². The zero-order valence-electron chi connectivity index (χ0n) is 13.0. The minimum absolute atomic E-state index is 0.134. The minimum atomic E-state index is -0.295. The van der Waals surface area contributed by atoms with E-state index in [2.05, 4.69) is 10.5 Å². The molecule has 0 bridgehead atoms. The first kappa shape index (κ1) is 17.5. The maximum absolute atomic E-state index is 12.8. The van der Waals surface area contributed by atoms with Gasteiger partial charge in [-0.25, -0.2) is 4.39 Å². The highest BCUT2D eigenvalue weighted by molar-refractivity contribution is 8.00. The molecule has 0 atom stereocenters. The van der Waals surface area contributed by atoms with Crippen LogP contribution >= 0.6 is 23.4 Å². The van der Waals surface area contributed by atoms with Crippen LogP contribution in [0, 0.1) is 5.82 Å². The Balaban J connectivity index is 1.49. The van der Waals surface area contributed by atoms with Crippen molar-refractivity contribution in [2.45, 2.75) is 11.4 Å². The van der Waals surface area contributed by atoms with Gasteiger partial charge in [-0.05, 0) is 48.5 Å². The second-order valence-electron chi connectivity index (χ2n) is 5.21. The molecule has 4 nitrogen and oxygen atoms in total. The number of rotatable bonds is 6. The quantitative estimate of drug-likeness (QED) is 0.641. The van der Waals surface area contributed by atoms with Crippen LogP contribution in [0.5, 0.6) is 0 Å². The van der Waals surface area contributed by atoms with Crippen LogP contribution in [0.15, 0.2) is 64.0 Å². The van der Waals surface area contributed by atoms with Crippen LogP contribution in [0.25, 0.3) is 11.3 Å². The van der Waals surface area contributed by atoms with E-state index >= 15 is 0 Å². The SMILES string of the molecule is O=C(CSc1ccc(F)cc1)NCc1cc(-c2ccc(Cl)cc2)on1. The van der Waals surface area contributed by atoms with Crippen molar-refractivity contribution in [1.29, 1.82) is 0 Å². The Morgan fingerprint density at radius 3 is 2.60 bits per heavy atom. The topological polar surface area (TPSA) is 55.1 Å². The Labute approximate surface area is 153 Å². The van der Waals surface area contributed by atoms with Gasteiger partial charge in [0.2, 0.25) is 5.91 Å². The Kier molecular flexibility index (Phi) is 5.73. The van der Waals surface area contributed by atoms with Crippen molar-refractivity contribution in [1.82, 2.24) is 10.5 Å². The fourth-order valence-electron chi connectivity index (χ4n) is 2.07. The molecule has 7 heteroatoms. The number of carbonyl (C=O) groups excluding carboxylic acids is 1. The summed E-state index contributed by atoms with van der Waals surface area (Å²) in [5.41, 5.74) is 1.49. The van der Waals surface area contributed by atoms with Gasteiger partial charge in [-0.1, -0.05) is 16.8 Å². The number of aromatic nitrogens is 1. The molecule has 3 aromatic rings. The van der Waals surface area contributed by atoms with E-state index in [1.165, 1.54) is 23.9 Å². The summed E-state index contributed by atoms with van der Waals surface area (Å²) in [5, 5.41) is 7.37. The molecule has 0 spiro atoms. The molecule has 0 unspecified atom stereocenters. The highest BCUT2D eigenvalue weighted by atomic mass is 35.5. The molecule has 128 valence electrons. The van der Waals surface area contributed by atoms with Crippen LogP contribution in [0.2, 0.25) is 5.02 Å². The molecule has 1 amide bonds. The van der Waals surface area contributed by atoms with Crippen molar-refractivity contribution >= 4 is 29.3 Å². The molecule has 0 fully saturated rings. The number of benzene rings is 2. The summed E-state index contributed by atoms with van der Waals surface area (Å²) in [6.07, 6.45) is 0. The highest BCUT2D eigenvalue weighted by Gasteiger charge is 2.09. The average Bonchev–Trinajstić information content (AvgIpc) is 3.09. The first-order valence-electron chi connectivity index (χ1n) is 7.47. The molecule has 0 aliphatic heterocycles. The Hall–Kier alpha value is -2.31. The van der Waals surface area contributed by atoms with Gasteiger partial charge >= 0.3 is 0 Å². The molecule has 0 saturated heterocycles. The summed E-state index contributed by atoms with van der Waals surface area (Å²) in [5.74, 6) is 0.427. The number of carbonyl (C=O) groups is 1.